The summed E-state index contributed by atoms with van der Waals surface area (Å²) >= 11 is 1.63. The number of aromatic nitrogens is 1. The zero-order chi connectivity index (χ0) is 6.27. The molecule has 48 valence electrons. The summed E-state index contributed by atoms with van der Waals surface area (Å²) in [4.78, 5) is 4.15. The number of nitrogens with zero attached hydrogens (tertiary/aromatic N) is 1. The first-order valence-electron chi connectivity index (χ1n) is 2.90. The molecular weight excluding hydrogens is 137 g/mol. The van der Waals surface area contributed by atoms with Crippen molar-refractivity contribution in [3.05, 3.63) is 16.1 Å². The molecule has 1 nitrogen and oxygen atoms in total. The summed E-state index contributed by atoms with van der Waals surface area (Å²) in [5, 5.41) is 3.04. The molecule has 1 aliphatic rings. The smallest absolute Gasteiger partial charge is 0.0982 e. The van der Waals surface area contributed by atoms with Gasteiger partial charge in [0.05, 0.1) is 17.4 Å². The summed E-state index contributed by atoms with van der Waals surface area (Å²) in [6, 6.07) is 0. The third kappa shape index (κ3) is 0.678. The Kier molecular flexibility index (Phi) is 1.05. The lowest BCUT2D eigenvalue weighted by Crippen LogP contribution is -1.98. The summed E-state index contributed by atoms with van der Waals surface area (Å²) in [7, 11) is 0. The minimum Gasteiger partial charge on any atom is -0.250 e. The zero-order valence-corrected chi connectivity index (χ0v) is 5.62. The van der Waals surface area contributed by atoms with Crippen LogP contribution in [0.1, 0.15) is 16.6 Å². The monoisotopic (exact) mass is 143 g/mol. The van der Waals surface area contributed by atoms with E-state index >= 15 is 0 Å². The Bertz CT molecular complexity index is 221. The van der Waals surface area contributed by atoms with E-state index in [0.29, 0.717) is 0 Å². The highest BCUT2D eigenvalue weighted by molar-refractivity contribution is 7.09. The normalized spacial score (nSPS) is 23.0. The van der Waals surface area contributed by atoms with Crippen molar-refractivity contribution in [1.82, 2.24) is 4.98 Å². The molecule has 0 aromatic carbocycles. The lowest BCUT2D eigenvalue weighted by molar-refractivity contribution is 0.434. The van der Waals surface area contributed by atoms with E-state index < -0.39 is 0 Å². The number of hydrogen-bond donors (Lipinski definition) is 0. The Labute approximate surface area is 56.5 Å². The lowest BCUT2D eigenvalue weighted by Gasteiger charge is -2.02. The van der Waals surface area contributed by atoms with Crippen molar-refractivity contribution < 1.29 is 4.39 Å². The molecule has 1 atom stereocenters. The first-order valence-corrected chi connectivity index (χ1v) is 3.78. The average molecular weight is 143 g/mol. The fourth-order valence-corrected chi connectivity index (χ4v) is 2.01. The molecular formula is C6H6FNS. The first kappa shape index (κ1) is 5.35. The molecule has 0 amide bonds. The number of rotatable bonds is 1. The molecule has 2 bridgehead atoms. The van der Waals surface area contributed by atoms with Gasteiger partial charge in [-0.05, 0) is 0 Å². The van der Waals surface area contributed by atoms with Gasteiger partial charge in [0.2, 0.25) is 0 Å². The zero-order valence-electron chi connectivity index (χ0n) is 4.80. The minimum absolute atomic E-state index is 0.0984. The van der Waals surface area contributed by atoms with Gasteiger partial charge >= 0.3 is 0 Å². The standard InChI is InChI=1S/C6H6FNS/c7-2-4-1-6-8-5(4)3-9-6/h3-4H,1-2H2. The second-order valence-electron chi connectivity index (χ2n) is 2.22. The van der Waals surface area contributed by atoms with Crippen LogP contribution in [0.3, 0.4) is 0 Å². The molecule has 1 aliphatic heterocycles. The number of alkyl halides is 1. The third-order valence-corrected chi connectivity index (χ3v) is 2.48. The molecule has 0 spiro atoms. The van der Waals surface area contributed by atoms with Crippen molar-refractivity contribution >= 4 is 11.3 Å². The molecule has 0 aliphatic carbocycles. The van der Waals surface area contributed by atoms with Gasteiger partial charge in [-0.2, -0.15) is 0 Å². The second kappa shape index (κ2) is 1.77. The molecule has 1 aromatic rings. The van der Waals surface area contributed by atoms with E-state index in [1.807, 2.05) is 5.38 Å². The van der Waals surface area contributed by atoms with Crippen LogP contribution < -0.4 is 0 Å². The topological polar surface area (TPSA) is 12.9 Å². The van der Waals surface area contributed by atoms with E-state index in [-0.39, 0.29) is 12.6 Å². The Morgan fingerprint density at radius 1 is 1.89 bits per heavy atom. The molecule has 1 unspecified atom stereocenters. The summed E-state index contributed by atoms with van der Waals surface area (Å²) in [5.74, 6) is 0.0984. The second-order valence-corrected chi connectivity index (χ2v) is 3.16. The van der Waals surface area contributed by atoms with Crippen molar-refractivity contribution in [3.8, 4) is 0 Å². The summed E-state index contributed by atoms with van der Waals surface area (Å²) in [5.41, 5.74) is 0.956. The van der Waals surface area contributed by atoms with Crippen LogP contribution in [-0.2, 0) is 6.42 Å². The van der Waals surface area contributed by atoms with Gasteiger partial charge in [-0.3, -0.25) is 4.39 Å². The van der Waals surface area contributed by atoms with Crippen LogP contribution in [0.5, 0.6) is 0 Å². The molecule has 2 heterocycles. The van der Waals surface area contributed by atoms with Crippen LogP contribution in [0, 0.1) is 0 Å². The van der Waals surface area contributed by atoms with Crippen molar-refractivity contribution in [3.63, 3.8) is 0 Å². The van der Waals surface area contributed by atoms with Crippen LogP contribution in [0.2, 0.25) is 0 Å². The predicted octanol–water partition coefficient (Wildman–Crippen LogP) is 1.75. The molecule has 0 fully saturated rings. The average Bonchev–Trinajstić information content (AvgIpc) is 2.45. The van der Waals surface area contributed by atoms with E-state index in [4.69, 9.17) is 0 Å². The number of fused-ring (bicyclic) bond motifs is 2. The van der Waals surface area contributed by atoms with Crippen LogP contribution in [0.15, 0.2) is 5.38 Å². The van der Waals surface area contributed by atoms with E-state index in [1.165, 1.54) is 0 Å². The molecule has 2 rings (SSSR count). The van der Waals surface area contributed by atoms with Crippen molar-refractivity contribution in [1.29, 1.82) is 0 Å². The van der Waals surface area contributed by atoms with E-state index in [0.717, 1.165) is 17.1 Å². The fraction of sp³-hybridized carbons (Fsp3) is 0.500. The van der Waals surface area contributed by atoms with Gasteiger partial charge in [0, 0.05) is 17.7 Å². The summed E-state index contributed by atoms with van der Waals surface area (Å²) in [6.07, 6.45) is 0.840. The summed E-state index contributed by atoms with van der Waals surface area (Å²) < 4.78 is 12.0. The lowest BCUT2D eigenvalue weighted by atomic mass is 10.1. The number of hydrogen-bond acceptors (Lipinski definition) is 2. The quantitative estimate of drug-likeness (QED) is 0.583. The highest BCUT2D eigenvalue weighted by Crippen LogP contribution is 2.30. The Balaban J connectivity index is 2.33. The van der Waals surface area contributed by atoms with Crippen molar-refractivity contribution in [2.24, 2.45) is 0 Å². The Morgan fingerprint density at radius 3 is 3.11 bits per heavy atom. The SMILES string of the molecule is FCC1Cc2nc1cs2. The van der Waals surface area contributed by atoms with Gasteiger partial charge in [0.15, 0.2) is 0 Å². The van der Waals surface area contributed by atoms with Crippen molar-refractivity contribution in [2.75, 3.05) is 6.67 Å². The number of halogens is 1. The Hall–Kier alpha value is -0.440. The largest absolute Gasteiger partial charge is 0.250 e. The van der Waals surface area contributed by atoms with Gasteiger partial charge in [-0.25, -0.2) is 4.98 Å². The van der Waals surface area contributed by atoms with Gasteiger partial charge in [-0.1, -0.05) is 0 Å². The summed E-state index contributed by atoms with van der Waals surface area (Å²) in [6.45, 7) is -0.251. The fourth-order valence-electron chi connectivity index (χ4n) is 1.06. The van der Waals surface area contributed by atoms with Gasteiger partial charge < -0.3 is 0 Å². The van der Waals surface area contributed by atoms with Crippen LogP contribution in [0.25, 0.3) is 0 Å². The van der Waals surface area contributed by atoms with E-state index in [1.54, 1.807) is 11.3 Å². The molecule has 1 aromatic heterocycles. The third-order valence-electron chi connectivity index (χ3n) is 1.60. The van der Waals surface area contributed by atoms with Gasteiger partial charge in [-0.15, -0.1) is 11.3 Å². The number of thiazole rings is 1. The van der Waals surface area contributed by atoms with Crippen molar-refractivity contribution in [2.45, 2.75) is 12.3 Å². The maximum absolute atomic E-state index is 12.0. The maximum Gasteiger partial charge on any atom is 0.0982 e. The predicted molar refractivity (Wildman–Crippen MR) is 34.5 cm³/mol. The highest BCUT2D eigenvalue weighted by Gasteiger charge is 2.23. The first-order chi connectivity index (χ1) is 4.40. The minimum atomic E-state index is -0.251. The molecule has 3 heteroatoms. The van der Waals surface area contributed by atoms with Gasteiger partial charge in [0.1, 0.15) is 0 Å². The van der Waals surface area contributed by atoms with Crippen LogP contribution in [-0.4, -0.2) is 11.7 Å². The molecule has 0 saturated heterocycles. The molecule has 0 radical (unpaired) electrons. The molecule has 0 saturated carbocycles. The van der Waals surface area contributed by atoms with E-state index in [9.17, 15) is 4.39 Å². The van der Waals surface area contributed by atoms with E-state index in [2.05, 4.69) is 4.98 Å². The molecule has 9 heavy (non-hydrogen) atoms. The van der Waals surface area contributed by atoms with Crippen LogP contribution >= 0.6 is 11.3 Å². The van der Waals surface area contributed by atoms with Crippen LogP contribution in [0.4, 0.5) is 4.39 Å². The highest BCUT2D eigenvalue weighted by atomic mass is 32.1. The maximum atomic E-state index is 12.0. The molecule has 0 N–H and O–H groups in total. The van der Waals surface area contributed by atoms with Gasteiger partial charge in [0.25, 0.3) is 0 Å². The Morgan fingerprint density at radius 2 is 2.78 bits per heavy atom.